The third kappa shape index (κ3) is 2.44. The zero-order valence-corrected chi connectivity index (χ0v) is 9.21. The molecule has 1 rings (SSSR count). The average Bonchev–Trinajstić information content (AvgIpc) is 2.09. The van der Waals surface area contributed by atoms with Crippen LogP contribution in [0.1, 0.15) is 33.6 Å². The third-order valence-electron chi connectivity index (χ3n) is 2.83. The van der Waals surface area contributed by atoms with Gasteiger partial charge in [0.15, 0.2) is 0 Å². The Morgan fingerprint density at radius 1 is 1.50 bits per heavy atom. The summed E-state index contributed by atoms with van der Waals surface area (Å²) in [6, 6.07) is 0. The zero-order chi connectivity index (χ0) is 10.6. The van der Waals surface area contributed by atoms with Gasteiger partial charge in [0.25, 0.3) is 0 Å². The standard InChI is InChI=1S/C13H18O/c1-11-7-6-9-13(2,3)12(11)8-4-5-10-14/h4-7,10H,8-9H2,1-3H3. The summed E-state index contributed by atoms with van der Waals surface area (Å²) in [4.78, 5) is 10.2. The minimum Gasteiger partial charge on any atom is -0.299 e. The molecule has 0 aromatic rings. The number of carbonyl (C=O) groups excluding carboxylic acids is 1. The Balaban J connectivity index is 2.85. The van der Waals surface area contributed by atoms with Crippen molar-refractivity contribution in [1.82, 2.24) is 0 Å². The van der Waals surface area contributed by atoms with E-state index in [2.05, 4.69) is 32.9 Å². The summed E-state index contributed by atoms with van der Waals surface area (Å²) in [6.45, 7) is 6.65. The van der Waals surface area contributed by atoms with Crippen LogP contribution in [0.25, 0.3) is 0 Å². The first-order valence-electron chi connectivity index (χ1n) is 5.05. The molecule has 0 unspecified atom stereocenters. The van der Waals surface area contributed by atoms with Crippen LogP contribution in [0.15, 0.2) is 35.5 Å². The molecule has 0 atom stereocenters. The van der Waals surface area contributed by atoms with Gasteiger partial charge in [0, 0.05) is 0 Å². The van der Waals surface area contributed by atoms with Gasteiger partial charge in [-0.2, -0.15) is 0 Å². The second-order valence-electron chi connectivity index (χ2n) is 4.42. The lowest BCUT2D eigenvalue weighted by atomic mass is 9.74. The Labute approximate surface area is 86.2 Å². The highest BCUT2D eigenvalue weighted by atomic mass is 16.1. The SMILES string of the molecule is CC1=C(CC=CC=O)C(C)(C)CC=C1. The Hall–Kier alpha value is -1.11. The van der Waals surface area contributed by atoms with Crippen LogP contribution in [-0.4, -0.2) is 6.29 Å². The Kier molecular flexibility index (Phi) is 3.45. The highest BCUT2D eigenvalue weighted by Gasteiger charge is 2.24. The molecule has 0 aromatic carbocycles. The highest BCUT2D eigenvalue weighted by Crippen LogP contribution is 2.38. The normalized spacial score (nSPS) is 20.5. The first-order valence-corrected chi connectivity index (χ1v) is 5.05. The van der Waals surface area contributed by atoms with Crippen LogP contribution in [-0.2, 0) is 4.79 Å². The molecule has 0 bridgehead atoms. The van der Waals surface area contributed by atoms with Crippen LogP contribution >= 0.6 is 0 Å². The van der Waals surface area contributed by atoms with Crippen molar-refractivity contribution in [1.29, 1.82) is 0 Å². The quantitative estimate of drug-likeness (QED) is 0.492. The minimum absolute atomic E-state index is 0.242. The van der Waals surface area contributed by atoms with E-state index in [0.29, 0.717) is 0 Å². The number of hydrogen-bond acceptors (Lipinski definition) is 1. The molecule has 1 aliphatic carbocycles. The molecular weight excluding hydrogens is 172 g/mol. The second-order valence-corrected chi connectivity index (χ2v) is 4.42. The minimum atomic E-state index is 0.242. The van der Waals surface area contributed by atoms with Crippen LogP contribution in [0.3, 0.4) is 0 Å². The van der Waals surface area contributed by atoms with E-state index in [1.807, 2.05) is 6.08 Å². The van der Waals surface area contributed by atoms with Crippen molar-refractivity contribution in [3.63, 3.8) is 0 Å². The van der Waals surface area contributed by atoms with Gasteiger partial charge in [0.2, 0.25) is 0 Å². The monoisotopic (exact) mass is 190 g/mol. The average molecular weight is 190 g/mol. The van der Waals surface area contributed by atoms with E-state index in [1.165, 1.54) is 11.1 Å². The number of rotatable bonds is 3. The van der Waals surface area contributed by atoms with Gasteiger partial charge < -0.3 is 0 Å². The van der Waals surface area contributed by atoms with Gasteiger partial charge in [-0.1, -0.05) is 43.2 Å². The summed E-state index contributed by atoms with van der Waals surface area (Å²) in [7, 11) is 0. The molecule has 14 heavy (non-hydrogen) atoms. The van der Waals surface area contributed by atoms with Crippen molar-refractivity contribution >= 4 is 6.29 Å². The van der Waals surface area contributed by atoms with E-state index in [4.69, 9.17) is 0 Å². The maximum absolute atomic E-state index is 10.2. The zero-order valence-electron chi connectivity index (χ0n) is 9.21. The summed E-state index contributed by atoms with van der Waals surface area (Å²) < 4.78 is 0. The topological polar surface area (TPSA) is 17.1 Å². The van der Waals surface area contributed by atoms with E-state index in [0.717, 1.165) is 19.1 Å². The van der Waals surface area contributed by atoms with Gasteiger partial charge in [-0.15, -0.1) is 0 Å². The van der Waals surface area contributed by atoms with Crippen LogP contribution in [0, 0.1) is 5.41 Å². The fourth-order valence-corrected chi connectivity index (χ4v) is 1.97. The van der Waals surface area contributed by atoms with E-state index in [-0.39, 0.29) is 5.41 Å². The van der Waals surface area contributed by atoms with Crippen molar-refractivity contribution in [2.45, 2.75) is 33.6 Å². The molecule has 0 radical (unpaired) electrons. The van der Waals surface area contributed by atoms with Crippen molar-refractivity contribution in [3.05, 3.63) is 35.5 Å². The van der Waals surface area contributed by atoms with Crippen LogP contribution in [0.2, 0.25) is 0 Å². The second kappa shape index (κ2) is 4.41. The molecule has 0 spiro atoms. The predicted octanol–water partition coefficient (Wildman–Crippen LogP) is 3.43. The first kappa shape index (κ1) is 11.0. The van der Waals surface area contributed by atoms with Crippen LogP contribution in [0.4, 0.5) is 0 Å². The fourth-order valence-electron chi connectivity index (χ4n) is 1.97. The molecule has 0 aliphatic heterocycles. The molecule has 0 heterocycles. The van der Waals surface area contributed by atoms with E-state index < -0.39 is 0 Å². The maximum atomic E-state index is 10.2. The van der Waals surface area contributed by atoms with E-state index >= 15 is 0 Å². The molecule has 76 valence electrons. The lowest BCUT2D eigenvalue weighted by molar-refractivity contribution is -0.104. The fraction of sp³-hybridized carbons (Fsp3) is 0.462. The summed E-state index contributed by atoms with van der Waals surface area (Å²) in [5, 5.41) is 0. The largest absolute Gasteiger partial charge is 0.299 e. The lowest BCUT2D eigenvalue weighted by Gasteiger charge is -2.31. The molecule has 0 fully saturated rings. The van der Waals surface area contributed by atoms with Gasteiger partial charge in [-0.3, -0.25) is 4.79 Å². The first-order chi connectivity index (χ1) is 6.58. The third-order valence-corrected chi connectivity index (χ3v) is 2.83. The molecule has 0 saturated heterocycles. The summed E-state index contributed by atoms with van der Waals surface area (Å²) in [6.07, 6.45) is 10.7. The highest BCUT2D eigenvalue weighted by molar-refractivity contribution is 5.64. The van der Waals surface area contributed by atoms with Gasteiger partial charge in [-0.25, -0.2) is 0 Å². The number of hydrogen-bond donors (Lipinski definition) is 0. The van der Waals surface area contributed by atoms with Crippen LogP contribution in [0.5, 0.6) is 0 Å². The molecule has 0 N–H and O–H groups in total. The van der Waals surface area contributed by atoms with Gasteiger partial charge >= 0.3 is 0 Å². The molecular formula is C13H18O. The van der Waals surface area contributed by atoms with Gasteiger partial charge in [0.05, 0.1) is 0 Å². The molecule has 1 nitrogen and oxygen atoms in total. The number of carbonyl (C=O) groups is 1. The van der Waals surface area contributed by atoms with E-state index in [1.54, 1.807) is 6.08 Å². The van der Waals surface area contributed by atoms with Crippen LogP contribution < -0.4 is 0 Å². The van der Waals surface area contributed by atoms with Crippen molar-refractivity contribution < 1.29 is 4.79 Å². The van der Waals surface area contributed by atoms with Gasteiger partial charge in [0.1, 0.15) is 6.29 Å². The van der Waals surface area contributed by atoms with Crippen molar-refractivity contribution in [2.75, 3.05) is 0 Å². The van der Waals surface area contributed by atoms with Crippen molar-refractivity contribution in [2.24, 2.45) is 5.41 Å². The number of allylic oxidation sites excluding steroid dienone is 6. The molecule has 1 heteroatoms. The summed E-state index contributed by atoms with van der Waals surface area (Å²) >= 11 is 0. The maximum Gasteiger partial charge on any atom is 0.142 e. The molecule has 0 amide bonds. The predicted molar refractivity (Wildman–Crippen MR) is 60.1 cm³/mol. The lowest BCUT2D eigenvalue weighted by Crippen LogP contribution is -2.17. The van der Waals surface area contributed by atoms with Crippen molar-refractivity contribution in [3.8, 4) is 0 Å². The Morgan fingerprint density at radius 3 is 2.79 bits per heavy atom. The number of aldehydes is 1. The molecule has 0 aromatic heterocycles. The Bertz CT molecular complexity index is 303. The smallest absolute Gasteiger partial charge is 0.142 e. The summed E-state index contributed by atoms with van der Waals surface area (Å²) in [5.74, 6) is 0. The molecule has 0 saturated carbocycles. The summed E-state index contributed by atoms with van der Waals surface area (Å²) in [5.41, 5.74) is 3.03. The Morgan fingerprint density at radius 2 is 2.21 bits per heavy atom. The van der Waals surface area contributed by atoms with E-state index in [9.17, 15) is 4.79 Å². The van der Waals surface area contributed by atoms with Gasteiger partial charge in [-0.05, 0) is 31.3 Å². The molecule has 1 aliphatic rings.